The Hall–Kier alpha value is -0.280. The molecule has 1 fully saturated rings. The lowest BCUT2D eigenvalue weighted by atomic mass is 9.93. The summed E-state index contributed by atoms with van der Waals surface area (Å²) in [5.74, 6) is 0.703. The number of benzene rings is 1. The number of hydrogen-bond donors (Lipinski definition) is 1. The minimum absolute atomic E-state index is 0.156. The lowest BCUT2D eigenvalue weighted by molar-refractivity contribution is 0.0760. The van der Waals surface area contributed by atoms with Crippen LogP contribution in [0.2, 0.25) is 10.0 Å². The Morgan fingerprint density at radius 2 is 2.00 bits per heavy atom. The highest BCUT2D eigenvalue weighted by atomic mass is 35.5. The average Bonchev–Trinajstić information content (AvgIpc) is 2.36. The molecule has 0 radical (unpaired) electrons. The first-order valence-corrected chi connectivity index (χ1v) is 8.45. The van der Waals surface area contributed by atoms with E-state index in [9.17, 15) is 0 Å². The number of nitrogens with zero attached hydrogens (tertiary/aromatic N) is 1. The van der Waals surface area contributed by atoms with Crippen LogP contribution in [0.5, 0.6) is 0 Å². The quantitative estimate of drug-likeness (QED) is 0.869. The molecule has 0 aliphatic carbocycles. The molecule has 2 rings (SSSR count). The third kappa shape index (κ3) is 4.85. The molecule has 118 valence electrons. The van der Waals surface area contributed by atoms with Crippen molar-refractivity contribution in [2.75, 3.05) is 13.1 Å². The van der Waals surface area contributed by atoms with E-state index in [0.29, 0.717) is 22.0 Å². The minimum atomic E-state index is 0.156. The topological polar surface area (TPSA) is 15.3 Å². The van der Waals surface area contributed by atoms with Crippen molar-refractivity contribution in [2.24, 2.45) is 5.92 Å². The van der Waals surface area contributed by atoms with Crippen molar-refractivity contribution in [3.8, 4) is 0 Å². The Balaban J connectivity index is 2.13. The highest BCUT2D eigenvalue weighted by Gasteiger charge is 2.32. The molecule has 0 aromatic heterocycles. The van der Waals surface area contributed by atoms with Crippen LogP contribution in [0.4, 0.5) is 0 Å². The van der Waals surface area contributed by atoms with Gasteiger partial charge in [-0.2, -0.15) is 0 Å². The number of hydrogen-bond acceptors (Lipinski definition) is 2. The number of piperazine rings is 1. The summed E-state index contributed by atoms with van der Waals surface area (Å²) >= 11 is 12.2. The number of rotatable bonds is 4. The van der Waals surface area contributed by atoms with Crippen LogP contribution in [0.15, 0.2) is 18.2 Å². The van der Waals surface area contributed by atoms with Gasteiger partial charge in [0.25, 0.3) is 0 Å². The van der Waals surface area contributed by atoms with Crippen molar-refractivity contribution in [1.82, 2.24) is 10.2 Å². The van der Waals surface area contributed by atoms with Crippen LogP contribution in [0, 0.1) is 5.92 Å². The molecule has 0 amide bonds. The van der Waals surface area contributed by atoms with Gasteiger partial charge in [-0.25, -0.2) is 0 Å². The molecule has 4 heteroatoms. The molecular weight excluding hydrogens is 303 g/mol. The predicted molar refractivity (Wildman–Crippen MR) is 92.2 cm³/mol. The standard InChI is InChI=1S/C17H26Cl2N2/c1-12(2)7-14-9-20-17(3,4)11-21(14)10-13-5-6-15(18)16(19)8-13/h5-6,8,12,14,20H,7,9-11H2,1-4H3. The van der Waals surface area contributed by atoms with E-state index in [1.54, 1.807) is 0 Å². The van der Waals surface area contributed by atoms with Crippen LogP contribution in [-0.4, -0.2) is 29.6 Å². The summed E-state index contributed by atoms with van der Waals surface area (Å²) < 4.78 is 0. The fraction of sp³-hybridized carbons (Fsp3) is 0.647. The maximum absolute atomic E-state index is 6.15. The molecule has 1 heterocycles. The molecule has 1 atom stereocenters. The average molecular weight is 329 g/mol. The Bertz CT molecular complexity index is 486. The third-order valence-electron chi connectivity index (χ3n) is 4.04. The first kappa shape index (κ1) is 17.1. The second-order valence-corrected chi connectivity index (χ2v) is 8.02. The van der Waals surface area contributed by atoms with Gasteiger partial charge in [-0.1, -0.05) is 43.1 Å². The van der Waals surface area contributed by atoms with E-state index >= 15 is 0 Å². The molecule has 21 heavy (non-hydrogen) atoms. The molecule has 0 saturated carbocycles. The molecule has 1 saturated heterocycles. The van der Waals surface area contributed by atoms with E-state index in [1.807, 2.05) is 12.1 Å². The normalized spacial score (nSPS) is 22.7. The van der Waals surface area contributed by atoms with Crippen molar-refractivity contribution in [1.29, 1.82) is 0 Å². The van der Waals surface area contributed by atoms with Gasteiger partial charge in [0.15, 0.2) is 0 Å². The first-order valence-electron chi connectivity index (χ1n) is 7.70. The van der Waals surface area contributed by atoms with Gasteiger partial charge in [-0.05, 0) is 43.9 Å². The largest absolute Gasteiger partial charge is 0.309 e. The number of nitrogens with one attached hydrogen (secondary N) is 1. The van der Waals surface area contributed by atoms with Gasteiger partial charge < -0.3 is 5.32 Å². The van der Waals surface area contributed by atoms with Crippen LogP contribution in [-0.2, 0) is 6.54 Å². The Morgan fingerprint density at radius 1 is 1.29 bits per heavy atom. The second kappa shape index (κ2) is 6.87. The fourth-order valence-electron chi connectivity index (χ4n) is 3.05. The van der Waals surface area contributed by atoms with E-state index in [2.05, 4.69) is 44.0 Å². The van der Waals surface area contributed by atoms with Crippen LogP contribution in [0.3, 0.4) is 0 Å². The van der Waals surface area contributed by atoms with Crippen LogP contribution in [0.1, 0.15) is 39.7 Å². The van der Waals surface area contributed by atoms with Gasteiger partial charge in [0.1, 0.15) is 0 Å². The molecule has 2 nitrogen and oxygen atoms in total. The van der Waals surface area contributed by atoms with Gasteiger partial charge in [-0.15, -0.1) is 0 Å². The molecule has 1 unspecified atom stereocenters. The lowest BCUT2D eigenvalue weighted by Gasteiger charge is -2.45. The third-order valence-corrected chi connectivity index (χ3v) is 4.78. The Morgan fingerprint density at radius 3 is 2.62 bits per heavy atom. The Labute approximate surface area is 138 Å². The van der Waals surface area contributed by atoms with Gasteiger partial charge in [-0.3, -0.25) is 4.90 Å². The summed E-state index contributed by atoms with van der Waals surface area (Å²) in [7, 11) is 0. The van der Waals surface area contributed by atoms with Crippen LogP contribution in [0.25, 0.3) is 0 Å². The predicted octanol–water partition coefficient (Wildman–Crippen LogP) is 4.59. The van der Waals surface area contributed by atoms with Crippen molar-refractivity contribution in [3.63, 3.8) is 0 Å². The first-order chi connectivity index (χ1) is 9.77. The Kier molecular flexibility index (Phi) is 5.59. The molecule has 1 aromatic rings. The maximum atomic E-state index is 6.15. The van der Waals surface area contributed by atoms with Gasteiger partial charge in [0.05, 0.1) is 10.0 Å². The van der Waals surface area contributed by atoms with E-state index in [-0.39, 0.29) is 5.54 Å². The zero-order chi connectivity index (χ0) is 15.6. The summed E-state index contributed by atoms with van der Waals surface area (Å²) in [6.45, 7) is 12.1. The molecule has 1 N–H and O–H groups in total. The van der Waals surface area contributed by atoms with Gasteiger partial charge in [0, 0.05) is 31.2 Å². The van der Waals surface area contributed by atoms with E-state index in [1.165, 1.54) is 12.0 Å². The molecule has 1 aliphatic heterocycles. The maximum Gasteiger partial charge on any atom is 0.0595 e. The SMILES string of the molecule is CC(C)CC1CNC(C)(C)CN1Cc1ccc(Cl)c(Cl)c1. The smallest absolute Gasteiger partial charge is 0.0595 e. The zero-order valence-electron chi connectivity index (χ0n) is 13.4. The minimum Gasteiger partial charge on any atom is -0.309 e. The zero-order valence-corrected chi connectivity index (χ0v) is 14.9. The van der Waals surface area contributed by atoms with E-state index < -0.39 is 0 Å². The van der Waals surface area contributed by atoms with E-state index in [0.717, 1.165) is 19.6 Å². The van der Waals surface area contributed by atoms with Gasteiger partial charge in [0.2, 0.25) is 0 Å². The van der Waals surface area contributed by atoms with E-state index in [4.69, 9.17) is 23.2 Å². The fourth-order valence-corrected chi connectivity index (χ4v) is 3.37. The van der Waals surface area contributed by atoms with Crippen LogP contribution < -0.4 is 5.32 Å². The second-order valence-electron chi connectivity index (χ2n) is 7.20. The molecular formula is C17H26Cl2N2. The summed E-state index contributed by atoms with van der Waals surface area (Å²) in [6.07, 6.45) is 1.21. The molecule has 1 aromatic carbocycles. The lowest BCUT2D eigenvalue weighted by Crippen LogP contribution is -2.61. The number of halogens is 2. The highest BCUT2D eigenvalue weighted by Crippen LogP contribution is 2.26. The van der Waals surface area contributed by atoms with Crippen molar-refractivity contribution in [2.45, 2.75) is 52.2 Å². The monoisotopic (exact) mass is 328 g/mol. The summed E-state index contributed by atoms with van der Waals surface area (Å²) in [5, 5.41) is 4.93. The molecule has 0 spiro atoms. The van der Waals surface area contributed by atoms with Crippen molar-refractivity contribution in [3.05, 3.63) is 33.8 Å². The molecule has 0 bridgehead atoms. The summed E-state index contributed by atoms with van der Waals surface area (Å²) in [6, 6.07) is 6.54. The van der Waals surface area contributed by atoms with Crippen molar-refractivity contribution >= 4 is 23.2 Å². The van der Waals surface area contributed by atoms with Crippen LogP contribution >= 0.6 is 23.2 Å². The van der Waals surface area contributed by atoms with Crippen molar-refractivity contribution < 1.29 is 0 Å². The molecule has 1 aliphatic rings. The highest BCUT2D eigenvalue weighted by molar-refractivity contribution is 6.42. The summed E-state index contributed by atoms with van der Waals surface area (Å²) in [4.78, 5) is 2.58. The summed E-state index contributed by atoms with van der Waals surface area (Å²) in [5.41, 5.74) is 1.39. The van der Waals surface area contributed by atoms with Gasteiger partial charge >= 0.3 is 0 Å².